The van der Waals surface area contributed by atoms with Crippen molar-refractivity contribution in [1.29, 1.82) is 0 Å². The van der Waals surface area contributed by atoms with Crippen LogP contribution in [0.15, 0.2) is 18.3 Å². The monoisotopic (exact) mass is 148 g/mol. The van der Waals surface area contributed by atoms with E-state index in [1.54, 1.807) is 12.3 Å². The Balaban J connectivity index is 2.96. The van der Waals surface area contributed by atoms with Crippen molar-refractivity contribution in [1.82, 2.24) is 10.2 Å². The fraction of sp³-hybridized carbons (Fsp3) is 0.125. The summed E-state index contributed by atoms with van der Waals surface area (Å²) in [5.74, 6) is 0.277. The molecule has 0 radical (unpaired) electrons. The van der Waals surface area contributed by atoms with Crippen LogP contribution in [0.5, 0.6) is 5.75 Å². The molecule has 0 unspecified atom stereocenters. The number of nitrogens with one attached hydrogen (secondary N) is 1. The summed E-state index contributed by atoms with van der Waals surface area (Å²) in [4.78, 5) is 0. The number of fused-ring (bicyclic) bond motifs is 1. The van der Waals surface area contributed by atoms with E-state index in [0.717, 1.165) is 16.5 Å². The van der Waals surface area contributed by atoms with E-state index >= 15 is 0 Å². The van der Waals surface area contributed by atoms with Gasteiger partial charge in [-0.15, -0.1) is 0 Å². The average molecular weight is 148 g/mol. The first-order valence-electron chi connectivity index (χ1n) is 3.40. The number of H-pyrrole nitrogens is 1. The van der Waals surface area contributed by atoms with E-state index in [0.29, 0.717) is 0 Å². The molecule has 0 aliphatic carbocycles. The molecule has 0 bridgehead atoms. The van der Waals surface area contributed by atoms with Gasteiger partial charge < -0.3 is 5.11 Å². The van der Waals surface area contributed by atoms with E-state index in [1.807, 2.05) is 13.0 Å². The molecular formula is C8H8N2O. The molecule has 2 rings (SSSR count). The van der Waals surface area contributed by atoms with Crippen LogP contribution in [0.25, 0.3) is 10.9 Å². The summed E-state index contributed by atoms with van der Waals surface area (Å²) in [7, 11) is 0. The quantitative estimate of drug-likeness (QED) is 0.595. The van der Waals surface area contributed by atoms with Gasteiger partial charge in [-0.05, 0) is 18.6 Å². The maximum absolute atomic E-state index is 9.32. The van der Waals surface area contributed by atoms with Crippen molar-refractivity contribution in [3.8, 4) is 5.75 Å². The Kier molecular flexibility index (Phi) is 1.12. The Morgan fingerprint density at radius 3 is 3.00 bits per heavy atom. The van der Waals surface area contributed by atoms with Gasteiger partial charge in [-0.3, -0.25) is 5.10 Å². The molecule has 0 spiro atoms. The van der Waals surface area contributed by atoms with Gasteiger partial charge in [-0.25, -0.2) is 0 Å². The molecular weight excluding hydrogens is 140 g/mol. The molecule has 2 aromatic rings. The first kappa shape index (κ1) is 6.22. The number of aromatic amines is 1. The standard InChI is InChI=1S/C8H8N2O/c1-5-2-3-7(11)6-4-9-10-8(5)6/h2-4,11H,1H3,(H,9,10). The van der Waals surface area contributed by atoms with Gasteiger partial charge in [-0.2, -0.15) is 5.10 Å². The highest BCUT2D eigenvalue weighted by atomic mass is 16.3. The fourth-order valence-corrected chi connectivity index (χ4v) is 1.16. The summed E-state index contributed by atoms with van der Waals surface area (Å²) >= 11 is 0. The SMILES string of the molecule is Cc1ccc(O)c2cn[nH]c12. The molecule has 56 valence electrons. The molecule has 0 amide bonds. The number of hydrogen-bond donors (Lipinski definition) is 2. The zero-order valence-corrected chi connectivity index (χ0v) is 6.13. The Morgan fingerprint density at radius 2 is 2.27 bits per heavy atom. The second-order valence-corrected chi connectivity index (χ2v) is 2.56. The molecule has 3 heteroatoms. The lowest BCUT2D eigenvalue weighted by molar-refractivity contribution is 0.481. The van der Waals surface area contributed by atoms with Crippen LogP contribution in [-0.2, 0) is 0 Å². The summed E-state index contributed by atoms with van der Waals surface area (Å²) in [6, 6.07) is 3.53. The van der Waals surface area contributed by atoms with Crippen LogP contribution in [0.4, 0.5) is 0 Å². The van der Waals surface area contributed by atoms with Crippen molar-refractivity contribution in [2.45, 2.75) is 6.92 Å². The van der Waals surface area contributed by atoms with Gasteiger partial charge in [0.1, 0.15) is 5.75 Å². The van der Waals surface area contributed by atoms with Gasteiger partial charge in [0.25, 0.3) is 0 Å². The summed E-state index contributed by atoms with van der Waals surface area (Å²) in [6.07, 6.45) is 1.62. The Bertz CT molecular complexity index is 356. The summed E-state index contributed by atoms with van der Waals surface area (Å²) in [6.45, 7) is 1.97. The predicted molar refractivity (Wildman–Crippen MR) is 42.5 cm³/mol. The minimum atomic E-state index is 0.277. The lowest BCUT2D eigenvalue weighted by Crippen LogP contribution is -1.75. The second kappa shape index (κ2) is 1.99. The van der Waals surface area contributed by atoms with Gasteiger partial charge in [0.05, 0.1) is 17.1 Å². The number of aryl methyl sites for hydroxylation is 1. The Hall–Kier alpha value is -1.51. The highest BCUT2D eigenvalue weighted by molar-refractivity contribution is 5.86. The average Bonchev–Trinajstić information content (AvgIpc) is 2.45. The predicted octanol–water partition coefficient (Wildman–Crippen LogP) is 1.58. The number of aromatic hydroxyl groups is 1. The molecule has 3 nitrogen and oxygen atoms in total. The van der Waals surface area contributed by atoms with Crippen LogP contribution in [0.3, 0.4) is 0 Å². The molecule has 1 heterocycles. The van der Waals surface area contributed by atoms with Gasteiger partial charge >= 0.3 is 0 Å². The van der Waals surface area contributed by atoms with E-state index in [4.69, 9.17) is 0 Å². The number of phenols is 1. The van der Waals surface area contributed by atoms with Crippen molar-refractivity contribution >= 4 is 10.9 Å². The van der Waals surface area contributed by atoms with Crippen LogP contribution in [-0.4, -0.2) is 15.3 Å². The molecule has 0 atom stereocenters. The van der Waals surface area contributed by atoms with E-state index < -0.39 is 0 Å². The molecule has 0 aliphatic rings. The summed E-state index contributed by atoms with van der Waals surface area (Å²) in [5.41, 5.74) is 2.00. The second-order valence-electron chi connectivity index (χ2n) is 2.56. The van der Waals surface area contributed by atoms with E-state index in [2.05, 4.69) is 10.2 Å². The number of nitrogens with zero attached hydrogens (tertiary/aromatic N) is 1. The van der Waals surface area contributed by atoms with Crippen molar-refractivity contribution in [2.24, 2.45) is 0 Å². The molecule has 0 saturated carbocycles. The highest BCUT2D eigenvalue weighted by Gasteiger charge is 2.02. The molecule has 1 aromatic heterocycles. The van der Waals surface area contributed by atoms with Crippen LogP contribution in [0.2, 0.25) is 0 Å². The van der Waals surface area contributed by atoms with Crippen LogP contribution < -0.4 is 0 Å². The normalized spacial score (nSPS) is 10.6. The van der Waals surface area contributed by atoms with Gasteiger partial charge in [0.15, 0.2) is 0 Å². The Morgan fingerprint density at radius 1 is 1.45 bits per heavy atom. The van der Waals surface area contributed by atoms with E-state index in [9.17, 15) is 5.11 Å². The topological polar surface area (TPSA) is 48.9 Å². The van der Waals surface area contributed by atoms with E-state index in [-0.39, 0.29) is 5.75 Å². The zero-order chi connectivity index (χ0) is 7.84. The van der Waals surface area contributed by atoms with Crippen molar-refractivity contribution in [2.75, 3.05) is 0 Å². The first-order chi connectivity index (χ1) is 5.29. The minimum absolute atomic E-state index is 0.277. The lowest BCUT2D eigenvalue weighted by Gasteiger charge is -1.95. The lowest BCUT2D eigenvalue weighted by atomic mass is 10.1. The third-order valence-electron chi connectivity index (χ3n) is 1.80. The molecule has 0 saturated heterocycles. The third kappa shape index (κ3) is 0.774. The largest absolute Gasteiger partial charge is 0.507 e. The molecule has 0 fully saturated rings. The number of hydrogen-bond acceptors (Lipinski definition) is 2. The Labute approximate surface area is 63.7 Å². The van der Waals surface area contributed by atoms with Gasteiger partial charge in [0.2, 0.25) is 0 Å². The summed E-state index contributed by atoms with van der Waals surface area (Å²) in [5, 5.41) is 16.8. The highest BCUT2D eigenvalue weighted by Crippen LogP contribution is 2.24. The van der Waals surface area contributed by atoms with Crippen molar-refractivity contribution in [3.05, 3.63) is 23.9 Å². The summed E-state index contributed by atoms with van der Waals surface area (Å²) < 4.78 is 0. The van der Waals surface area contributed by atoms with Crippen LogP contribution in [0, 0.1) is 6.92 Å². The molecule has 11 heavy (non-hydrogen) atoms. The zero-order valence-electron chi connectivity index (χ0n) is 6.13. The van der Waals surface area contributed by atoms with Crippen LogP contribution in [0.1, 0.15) is 5.56 Å². The molecule has 0 aliphatic heterocycles. The van der Waals surface area contributed by atoms with Gasteiger partial charge in [0, 0.05) is 0 Å². The van der Waals surface area contributed by atoms with Crippen LogP contribution >= 0.6 is 0 Å². The number of rotatable bonds is 0. The number of aromatic nitrogens is 2. The van der Waals surface area contributed by atoms with Crippen molar-refractivity contribution in [3.63, 3.8) is 0 Å². The fourth-order valence-electron chi connectivity index (χ4n) is 1.16. The first-order valence-corrected chi connectivity index (χ1v) is 3.40. The number of phenolic OH excluding ortho intramolecular Hbond substituents is 1. The van der Waals surface area contributed by atoms with Crippen molar-refractivity contribution < 1.29 is 5.11 Å². The number of benzene rings is 1. The smallest absolute Gasteiger partial charge is 0.126 e. The molecule has 1 aromatic carbocycles. The maximum Gasteiger partial charge on any atom is 0.126 e. The maximum atomic E-state index is 9.32. The van der Waals surface area contributed by atoms with Gasteiger partial charge in [-0.1, -0.05) is 6.07 Å². The third-order valence-corrected chi connectivity index (χ3v) is 1.80. The minimum Gasteiger partial charge on any atom is -0.507 e. The van der Waals surface area contributed by atoms with E-state index in [1.165, 1.54) is 0 Å². The molecule has 2 N–H and O–H groups in total.